The van der Waals surface area contributed by atoms with Crippen LogP contribution in [-0.2, 0) is 19.7 Å². The first kappa shape index (κ1) is 17.7. The Morgan fingerprint density at radius 3 is 2.65 bits per heavy atom. The number of para-hydroxylation sites is 1. The van der Waals surface area contributed by atoms with Gasteiger partial charge in [0.15, 0.2) is 12.4 Å². The molecule has 0 spiro atoms. The molecule has 0 N–H and O–H groups in total. The number of hydrogen-bond donors (Lipinski definition) is 0. The van der Waals surface area contributed by atoms with Crippen LogP contribution in [0.1, 0.15) is 25.2 Å². The highest BCUT2D eigenvalue weighted by Crippen LogP contribution is 2.46. The summed E-state index contributed by atoms with van der Waals surface area (Å²) in [6.07, 6.45) is 5.80. The predicted molar refractivity (Wildman–Crippen MR) is 99.7 cm³/mol. The maximum atomic E-state index is 12.3. The number of benzene rings is 1. The zero-order valence-electron chi connectivity index (χ0n) is 15.1. The molecule has 0 bridgehead atoms. The molecule has 0 aliphatic carbocycles. The summed E-state index contributed by atoms with van der Waals surface area (Å²) in [5.74, 6) is -0.301. The molecule has 2 heterocycles. The molecule has 26 heavy (non-hydrogen) atoms. The van der Waals surface area contributed by atoms with E-state index in [9.17, 15) is 9.59 Å². The van der Waals surface area contributed by atoms with Crippen LogP contribution < -0.4 is 4.90 Å². The summed E-state index contributed by atoms with van der Waals surface area (Å²) in [6.45, 7) is 3.85. The van der Waals surface area contributed by atoms with E-state index in [2.05, 4.69) is 19.9 Å². The third kappa shape index (κ3) is 3.47. The summed E-state index contributed by atoms with van der Waals surface area (Å²) in [7, 11) is 1.94. The minimum Gasteiger partial charge on any atom is -0.465 e. The Labute approximate surface area is 152 Å². The number of furan rings is 1. The number of esters is 1. The van der Waals surface area contributed by atoms with Gasteiger partial charge in [-0.05, 0) is 29.8 Å². The van der Waals surface area contributed by atoms with Gasteiger partial charge in [0.05, 0.1) is 6.26 Å². The average molecular weight is 351 g/mol. The minimum atomic E-state index is -0.588. The maximum absolute atomic E-state index is 12.3. The normalized spacial score (nSPS) is 16.9. The highest BCUT2D eigenvalue weighted by molar-refractivity contribution is 5.95. The summed E-state index contributed by atoms with van der Waals surface area (Å²) >= 11 is 0. The Balaban J connectivity index is 1.65. The lowest BCUT2D eigenvalue weighted by Crippen LogP contribution is -2.25. The van der Waals surface area contributed by atoms with Crippen molar-refractivity contribution < 1.29 is 18.7 Å². The van der Waals surface area contributed by atoms with Crippen LogP contribution in [0.5, 0.6) is 0 Å². The molecule has 1 aromatic heterocycles. The number of hydrogen-bond acceptors (Lipinski definition) is 5. The van der Waals surface area contributed by atoms with Crippen LogP contribution in [0.4, 0.5) is 5.69 Å². The third-order valence-corrected chi connectivity index (χ3v) is 4.52. The molecule has 0 fully saturated rings. The molecule has 0 saturated heterocycles. The Morgan fingerprint density at radius 2 is 1.96 bits per heavy atom. The first-order chi connectivity index (χ1) is 12.4. The van der Waals surface area contributed by atoms with Crippen LogP contribution >= 0.6 is 0 Å². The molecular weight excluding hydrogens is 330 g/mol. The van der Waals surface area contributed by atoms with E-state index in [0.29, 0.717) is 5.76 Å². The zero-order chi connectivity index (χ0) is 18.7. The number of fused-ring (bicyclic) bond motifs is 1. The smallest absolute Gasteiger partial charge is 0.331 e. The van der Waals surface area contributed by atoms with Gasteiger partial charge in [-0.2, -0.15) is 0 Å². The quantitative estimate of drug-likeness (QED) is 0.607. The predicted octanol–water partition coefficient (Wildman–Crippen LogP) is 3.72. The van der Waals surface area contributed by atoms with Crippen molar-refractivity contribution in [1.29, 1.82) is 0 Å². The number of ketones is 1. The molecule has 5 heteroatoms. The van der Waals surface area contributed by atoms with Crippen molar-refractivity contribution >= 4 is 23.5 Å². The highest BCUT2D eigenvalue weighted by atomic mass is 16.5. The second kappa shape index (κ2) is 7.04. The Morgan fingerprint density at radius 1 is 1.19 bits per heavy atom. The first-order valence-electron chi connectivity index (χ1n) is 8.36. The van der Waals surface area contributed by atoms with Gasteiger partial charge in [0.25, 0.3) is 0 Å². The molecule has 1 aliphatic heterocycles. The van der Waals surface area contributed by atoms with E-state index in [-0.39, 0.29) is 17.8 Å². The SMILES string of the molecule is CN1/C(=C\C(=O)COC(=O)/C=C/c2ccco2)C(C)(C)c2ccccc21. The molecular formula is C21H21NO4. The van der Waals surface area contributed by atoms with Gasteiger partial charge in [0, 0.05) is 36.0 Å². The maximum Gasteiger partial charge on any atom is 0.331 e. The zero-order valence-corrected chi connectivity index (χ0v) is 15.1. The molecule has 2 aromatic rings. The van der Waals surface area contributed by atoms with Gasteiger partial charge < -0.3 is 14.1 Å². The van der Waals surface area contributed by atoms with E-state index in [0.717, 1.165) is 11.4 Å². The van der Waals surface area contributed by atoms with Crippen molar-refractivity contribution in [3.63, 3.8) is 0 Å². The fourth-order valence-electron chi connectivity index (χ4n) is 3.18. The average Bonchev–Trinajstić information content (AvgIpc) is 3.21. The fourth-order valence-corrected chi connectivity index (χ4v) is 3.18. The van der Waals surface area contributed by atoms with Crippen molar-refractivity contribution in [1.82, 2.24) is 0 Å². The molecule has 134 valence electrons. The molecule has 0 radical (unpaired) electrons. The number of ether oxygens (including phenoxy) is 1. The van der Waals surface area contributed by atoms with E-state index < -0.39 is 5.97 Å². The number of carbonyl (C=O) groups is 2. The number of allylic oxidation sites excluding steroid dienone is 1. The molecule has 0 atom stereocenters. The first-order valence-corrected chi connectivity index (χ1v) is 8.36. The van der Waals surface area contributed by atoms with Crippen LogP contribution in [0.25, 0.3) is 6.08 Å². The van der Waals surface area contributed by atoms with E-state index in [4.69, 9.17) is 9.15 Å². The lowest BCUT2D eigenvalue weighted by atomic mass is 9.83. The summed E-state index contributed by atoms with van der Waals surface area (Å²) in [5, 5.41) is 0. The molecule has 0 amide bonds. The summed E-state index contributed by atoms with van der Waals surface area (Å²) in [5.41, 5.74) is 2.84. The Hall–Kier alpha value is -3.08. The minimum absolute atomic E-state index is 0.257. The van der Waals surface area contributed by atoms with Crippen LogP contribution in [-0.4, -0.2) is 25.4 Å². The molecule has 0 saturated carbocycles. The van der Waals surface area contributed by atoms with Gasteiger partial charge >= 0.3 is 5.97 Å². The Kier molecular flexibility index (Phi) is 4.80. The second-order valence-electron chi connectivity index (χ2n) is 6.65. The van der Waals surface area contributed by atoms with Crippen molar-refractivity contribution in [3.05, 3.63) is 71.8 Å². The molecule has 0 unspecified atom stereocenters. The van der Waals surface area contributed by atoms with Gasteiger partial charge in [0.2, 0.25) is 0 Å². The van der Waals surface area contributed by atoms with Crippen molar-refractivity contribution in [3.8, 4) is 0 Å². The fraction of sp³-hybridized carbons (Fsp3) is 0.238. The van der Waals surface area contributed by atoms with Gasteiger partial charge in [-0.1, -0.05) is 32.0 Å². The molecule has 3 rings (SSSR count). The highest BCUT2D eigenvalue weighted by Gasteiger charge is 2.38. The number of anilines is 1. The van der Waals surface area contributed by atoms with Crippen molar-refractivity contribution in [2.24, 2.45) is 0 Å². The second-order valence-corrected chi connectivity index (χ2v) is 6.65. The van der Waals surface area contributed by atoms with Crippen LogP contribution in [0.2, 0.25) is 0 Å². The van der Waals surface area contributed by atoms with Crippen LogP contribution in [0, 0.1) is 0 Å². The number of nitrogens with zero attached hydrogens (tertiary/aromatic N) is 1. The van der Waals surface area contributed by atoms with Gasteiger partial charge in [-0.15, -0.1) is 0 Å². The molecule has 1 aliphatic rings. The van der Waals surface area contributed by atoms with E-state index in [1.165, 1.54) is 24.0 Å². The number of carbonyl (C=O) groups excluding carboxylic acids is 2. The van der Waals surface area contributed by atoms with E-state index >= 15 is 0 Å². The molecule has 1 aromatic carbocycles. The standard InChI is InChI=1S/C21H21NO4/c1-21(2)17-8-4-5-9-18(17)22(3)19(21)13-15(23)14-26-20(24)11-10-16-7-6-12-25-16/h4-13H,14H2,1-3H3/b11-10+,19-13-. The summed E-state index contributed by atoms with van der Waals surface area (Å²) < 4.78 is 10.1. The van der Waals surface area contributed by atoms with Crippen molar-refractivity contribution in [2.75, 3.05) is 18.6 Å². The monoisotopic (exact) mass is 351 g/mol. The summed E-state index contributed by atoms with van der Waals surface area (Å²) in [6, 6.07) is 11.5. The topological polar surface area (TPSA) is 59.8 Å². The largest absolute Gasteiger partial charge is 0.465 e. The lowest BCUT2D eigenvalue weighted by Gasteiger charge is -2.23. The van der Waals surface area contributed by atoms with Gasteiger partial charge in [-0.25, -0.2) is 4.79 Å². The van der Waals surface area contributed by atoms with Crippen LogP contribution in [0.3, 0.4) is 0 Å². The lowest BCUT2D eigenvalue weighted by molar-refractivity contribution is -0.141. The number of likely N-dealkylation sites (N-methyl/N-ethyl adjacent to an activating group) is 1. The number of rotatable bonds is 5. The van der Waals surface area contributed by atoms with E-state index in [1.807, 2.05) is 30.1 Å². The third-order valence-electron chi connectivity index (χ3n) is 4.52. The van der Waals surface area contributed by atoms with Gasteiger partial charge in [-0.3, -0.25) is 4.79 Å². The summed E-state index contributed by atoms with van der Waals surface area (Å²) in [4.78, 5) is 26.0. The van der Waals surface area contributed by atoms with Gasteiger partial charge in [0.1, 0.15) is 5.76 Å². The van der Waals surface area contributed by atoms with Crippen LogP contribution in [0.15, 0.2) is 64.9 Å². The van der Waals surface area contributed by atoms with E-state index in [1.54, 1.807) is 18.2 Å². The molecule has 5 nitrogen and oxygen atoms in total. The Bertz CT molecular complexity index is 875. The van der Waals surface area contributed by atoms with Crippen molar-refractivity contribution in [2.45, 2.75) is 19.3 Å².